The van der Waals surface area contributed by atoms with E-state index in [4.69, 9.17) is 0 Å². The van der Waals surface area contributed by atoms with Gasteiger partial charge in [0.1, 0.15) is 19.3 Å². The minimum Gasteiger partial charge on any atom is -0.478 e. The molecule has 0 aliphatic heterocycles. The zero-order valence-corrected chi connectivity index (χ0v) is 50.1. The Kier molecular flexibility index (Phi) is 26.5. The van der Waals surface area contributed by atoms with Gasteiger partial charge in [0.05, 0.1) is 35.8 Å². The highest BCUT2D eigenvalue weighted by molar-refractivity contribution is 6.07. The summed E-state index contributed by atoms with van der Waals surface area (Å²) in [7, 11) is 17.3. The molecule has 0 saturated heterocycles. The number of aromatic carboxylic acids is 1. The monoisotopic (exact) mass is 1200 g/mol. The van der Waals surface area contributed by atoms with Crippen LogP contribution in [0.1, 0.15) is 27.0 Å². The molecule has 0 radical (unpaired) electrons. The number of hydrogen-bond acceptors (Lipinski definition) is 13. The van der Waals surface area contributed by atoms with Crippen LogP contribution < -0.4 is 111 Å². The fourth-order valence-electron chi connectivity index (χ4n) is 9.66. The van der Waals surface area contributed by atoms with E-state index in [1.165, 1.54) is 69.5 Å². The van der Waals surface area contributed by atoms with Crippen LogP contribution in [0, 0.1) is 0 Å². The molecule has 0 fully saturated rings. The topological polar surface area (TPSA) is 438 Å². The summed E-state index contributed by atoms with van der Waals surface area (Å²) >= 11 is 0. The number of likely N-dealkylation sites (N-methyl/N-ethyl adjacent to an activating group) is 2. The third-order valence-corrected chi connectivity index (χ3v) is 14.1. The first-order chi connectivity index (χ1) is 41.1. The Balaban J connectivity index is 2.10. The molecule has 470 valence electrons. The number of urea groups is 9. The smallest absolute Gasteiger partial charge is 0.336 e. The molecule has 2 aliphatic carbocycles. The molecule has 0 aromatic heterocycles. The van der Waals surface area contributed by atoms with E-state index in [1.807, 2.05) is 6.07 Å². The summed E-state index contributed by atoms with van der Waals surface area (Å²) in [6.45, 7) is -0.0124. The van der Waals surface area contributed by atoms with E-state index in [0.29, 0.717) is 44.8 Å². The van der Waals surface area contributed by atoms with Crippen molar-refractivity contribution >= 4 is 77.2 Å². The number of anilines is 1. The van der Waals surface area contributed by atoms with Crippen molar-refractivity contribution < 1.29 is 57.6 Å². The van der Waals surface area contributed by atoms with Crippen LogP contribution in [-0.2, 0) is 6.42 Å². The van der Waals surface area contributed by atoms with Crippen LogP contribution in [-0.4, -0.2) is 229 Å². The van der Waals surface area contributed by atoms with Crippen molar-refractivity contribution in [1.29, 1.82) is 0 Å². The van der Waals surface area contributed by atoms with Crippen molar-refractivity contribution in [1.82, 2.24) is 106 Å². The van der Waals surface area contributed by atoms with Crippen molar-refractivity contribution in [2.24, 2.45) is 0 Å². The second kappa shape index (κ2) is 33.3. The minimum absolute atomic E-state index is 0.0149. The SMILES string of the molecule is CNCNCC(NC(=O)NC)C(NC(=O)NC)C(NC(=O)NC)C(NC(=O)NC)N(C)c1ccc2c(c1)CC1=C/C(=[N+](\C)C(NC(=O)NC)C(NC(=O)NC)C(NC(=O)NC)C(CNC(=O)NC)NC(=O)NC)C=CC1=C2c1ccccc1C(=O)O. The molecule has 0 bridgehead atoms. The highest BCUT2D eigenvalue weighted by Gasteiger charge is 2.45. The molecule has 2 aromatic carbocycles. The number of amides is 18. The molecule has 0 saturated carbocycles. The van der Waals surface area contributed by atoms with Crippen molar-refractivity contribution in [2.45, 2.75) is 55.0 Å². The van der Waals surface area contributed by atoms with E-state index in [0.717, 1.165) is 0 Å². The first kappa shape index (κ1) is 68.4. The van der Waals surface area contributed by atoms with Crippen molar-refractivity contribution in [2.75, 3.05) is 109 Å². The lowest BCUT2D eigenvalue weighted by Gasteiger charge is -2.43. The molecule has 33 nitrogen and oxygen atoms in total. The normalized spacial score (nSPS) is 15.4. The molecule has 8 unspecified atom stereocenters. The number of carboxylic acid groups (broad SMARTS) is 1. The predicted molar refractivity (Wildman–Crippen MR) is 322 cm³/mol. The van der Waals surface area contributed by atoms with Gasteiger partial charge in [0, 0.05) is 108 Å². The second-order valence-electron chi connectivity index (χ2n) is 19.2. The number of rotatable bonds is 25. The maximum atomic E-state index is 13.6. The van der Waals surface area contributed by atoms with Crippen LogP contribution in [0.15, 0.2) is 71.8 Å². The largest absolute Gasteiger partial charge is 0.478 e. The summed E-state index contributed by atoms with van der Waals surface area (Å²) in [6.07, 6.45) is 2.91. The van der Waals surface area contributed by atoms with E-state index in [-0.39, 0.29) is 31.7 Å². The average Bonchev–Trinajstić information content (AvgIpc) is 1.01. The molecule has 2 aliphatic rings. The van der Waals surface area contributed by atoms with Crippen LogP contribution in [0.25, 0.3) is 5.57 Å². The van der Waals surface area contributed by atoms with Gasteiger partial charge in [-0.15, -0.1) is 0 Å². The number of fused-ring (bicyclic) bond motifs is 2. The maximum absolute atomic E-state index is 13.6. The average molecular weight is 1200 g/mol. The molecule has 18 amide bonds. The zero-order chi connectivity index (χ0) is 63.8. The number of nitrogens with zero attached hydrogens (tertiary/aromatic N) is 2. The van der Waals surface area contributed by atoms with Gasteiger partial charge in [0.15, 0.2) is 0 Å². The number of carbonyl (C=O) groups is 10. The van der Waals surface area contributed by atoms with Gasteiger partial charge in [-0.1, -0.05) is 24.3 Å². The Bertz CT molecular complexity index is 2930. The highest BCUT2D eigenvalue weighted by atomic mass is 16.4. The lowest BCUT2D eigenvalue weighted by atomic mass is 9.76. The number of carbonyl (C=O) groups excluding carboxylic acids is 9. The van der Waals surface area contributed by atoms with Crippen LogP contribution in [0.5, 0.6) is 0 Å². The van der Waals surface area contributed by atoms with Crippen LogP contribution in [0.4, 0.5) is 48.8 Å². The van der Waals surface area contributed by atoms with E-state index in [1.54, 1.807) is 79.2 Å². The number of nitrogens with one attached hydrogen (secondary N) is 20. The Hall–Kier alpha value is -10.1. The van der Waals surface area contributed by atoms with Gasteiger partial charge < -0.3 is 111 Å². The lowest BCUT2D eigenvalue weighted by Crippen LogP contribution is -2.73. The van der Waals surface area contributed by atoms with E-state index >= 15 is 0 Å². The Morgan fingerprint density at radius 3 is 1.55 bits per heavy atom. The van der Waals surface area contributed by atoms with Crippen molar-refractivity contribution in [3.05, 3.63) is 94.1 Å². The van der Waals surface area contributed by atoms with Crippen molar-refractivity contribution in [3.63, 3.8) is 0 Å². The van der Waals surface area contributed by atoms with Gasteiger partial charge in [-0.3, -0.25) is 5.32 Å². The molecule has 33 heteroatoms. The molecule has 86 heavy (non-hydrogen) atoms. The predicted octanol–water partition coefficient (Wildman–Crippen LogP) is -3.25. The fourth-order valence-corrected chi connectivity index (χ4v) is 9.66. The third kappa shape index (κ3) is 18.2. The van der Waals surface area contributed by atoms with Gasteiger partial charge in [0.2, 0.25) is 5.71 Å². The van der Waals surface area contributed by atoms with Gasteiger partial charge in [-0.25, -0.2) is 52.5 Å². The summed E-state index contributed by atoms with van der Waals surface area (Å²) in [6, 6.07) is -1.83. The minimum atomic E-state index is -1.37. The van der Waals surface area contributed by atoms with Gasteiger partial charge in [-0.2, -0.15) is 0 Å². The number of carboxylic acids is 1. The second-order valence-corrected chi connectivity index (χ2v) is 19.2. The third-order valence-electron chi connectivity index (χ3n) is 14.1. The molecular formula is C53H83N22O11+. The summed E-state index contributed by atoms with van der Waals surface area (Å²) in [5, 5.41) is 64.7. The molecule has 0 spiro atoms. The molecule has 2 aromatic rings. The Morgan fingerprint density at radius 2 is 1.01 bits per heavy atom. The van der Waals surface area contributed by atoms with Gasteiger partial charge in [-0.05, 0) is 71.2 Å². The fraction of sp³-hybridized carbons (Fsp3) is 0.453. The first-order valence-electron chi connectivity index (χ1n) is 27.2. The molecule has 4 rings (SSSR count). The number of hydrogen-bond donors (Lipinski definition) is 21. The zero-order valence-electron chi connectivity index (χ0n) is 50.1. The van der Waals surface area contributed by atoms with Gasteiger partial charge in [0.25, 0.3) is 6.17 Å². The highest BCUT2D eigenvalue weighted by Crippen LogP contribution is 2.43. The van der Waals surface area contributed by atoms with Gasteiger partial charge >= 0.3 is 60.2 Å². The first-order valence-corrected chi connectivity index (χ1v) is 27.2. The summed E-state index contributed by atoms with van der Waals surface area (Å²) < 4.78 is 1.61. The molecule has 8 atom stereocenters. The lowest BCUT2D eigenvalue weighted by molar-refractivity contribution is -0.546. The van der Waals surface area contributed by atoms with Crippen LogP contribution in [0.3, 0.4) is 0 Å². The summed E-state index contributed by atoms with van der Waals surface area (Å²) in [5.41, 5.74) is 4.24. The van der Waals surface area contributed by atoms with E-state index < -0.39 is 109 Å². The number of benzene rings is 2. The number of allylic oxidation sites excluding steroid dienone is 5. The Morgan fingerprint density at radius 1 is 0.535 bits per heavy atom. The van der Waals surface area contributed by atoms with Crippen molar-refractivity contribution in [3.8, 4) is 0 Å². The van der Waals surface area contributed by atoms with E-state index in [9.17, 15) is 53.1 Å². The summed E-state index contributed by atoms with van der Waals surface area (Å²) in [5.74, 6) is -1.20. The van der Waals surface area contributed by atoms with Crippen LogP contribution in [0.2, 0.25) is 0 Å². The molecule has 0 heterocycles. The standard InChI is InChI=1S/C53H82N22O11/c1-54-26-64-24-35(66-46(79)56-3)38(68-48(81)58-5)40(70-50(83)60-7)42(72-52(85)62-9)74(11)29-17-19-31-27(22-29)21-28-23-30(18-20-32(28)37(31)33-15-13-14-16-34(33)44(76)77)75(12)43(73-53(86)63-10)41(71-51(84)61-8)39(69-49(82)59-6)36(67-47(80)57-4)25-65-45(78)55-2/h13-20,22-23,35-36,38-43,54,64H,21,24-26H2,1-12H3,(H18-,55,56,57,58,59,60,61,62,63,65,66,67,68,69,70,71,72,73,76,77,78,79,80,81,82,83,84,85,86)/p+1. The van der Waals surface area contributed by atoms with E-state index in [2.05, 4.69) is 106 Å². The molecular weight excluding hydrogens is 1120 g/mol. The molecule has 21 N–H and O–H groups in total. The maximum Gasteiger partial charge on any atom is 0.336 e. The van der Waals surface area contributed by atoms with Crippen LogP contribution >= 0.6 is 0 Å². The Labute approximate surface area is 498 Å². The summed E-state index contributed by atoms with van der Waals surface area (Å²) in [4.78, 5) is 135. The quantitative estimate of drug-likeness (QED) is 0.0264.